The molecule has 0 saturated heterocycles. The van der Waals surface area contributed by atoms with Crippen LogP contribution in [0.1, 0.15) is 38.3 Å². The molecular weight excluding hydrogens is 287 g/mol. The minimum absolute atomic E-state index is 0.247. The van der Waals surface area contributed by atoms with E-state index < -0.39 is 0 Å². The second-order valence-electron chi connectivity index (χ2n) is 5.16. The third kappa shape index (κ3) is 3.61. The molecule has 102 valence electrons. The molecule has 1 N–H and O–H groups in total. The number of hydrogen-bond donors (Lipinski definition) is 1. The second-order valence-corrected chi connectivity index (χ2v) is 7.44. The van der Waals surface area contributed by atoms with Crippen LogP contribution in [-0.4, -0.2) is 30.6 Å². The zero-order valence-electron chi connectivity index (χ0n) is 11.0. The van der Waals surface area contributed by atoms with Crippen LogP contribution in [0.25, 0.3) is 0 Å². The normalized spacial score (nSPS) is 19.2. The molecule has 0 amide bonds. The standard InChI is InChI=1S/C13H20Cl2N2S/c1-8(17(3)10-4-5-10)7-16-9(2)11-6-12(14)18-13(11)15/h6,8-10,16H,4-5,7H2,1-3H3. The molecule has 2 atom stereocenters. The van der Waals surface area contributed by atoms with Gasteiger partial charge in [-0.15, -0.1) is 11.3 Å². The number of likely N-dealkylation sites (N-methyl/N-ethyl adjacent to an activating group) is 1. The molecule has 2 nitrogen and oxygen atoms in total. The highest BCUT2D eigenvalue weighted by molar-refractivity contribution is 7.20. The van der Waals surface area contributed by atoms with Gasteiger partial charge in [-0.25, -0.2) is 0 Å². The lowest BCUT2D eigenvalue weighted by Gasteiger charge is -2.26. The first kappa shape index (κ1) is 14.6. The Balaban J connectivity index is 1.83. The highest BCUT2D eigenvalue weighted by Gasteiger charge is 2.29. The molecule has 18 heavy (non-hydrogen) atoms. The monoisotopic (exact) mass is 306 g/mol. The van der Waals surface area contributed by atoms with Gasteiger partial charge in [0, 0.05) is 24.7 Å². The van der Waals surface area contributed by atoms with E-state index >= 15 is 0 Å². The Labute approximate surface area is 123 Å². The summed E-state index contributed by atoms with van der Waals surface area (Å²) in [6.07, 6.45) is 2.70. The fraction of sp³-hybridized carbons (Fsp3) is 0.692. The lowest BCUT2D eigenvalue weighted by molar-refractivity contribution is 0.237. The van der Waals surface area contributed by atoms with Gasteiger partial charge in [0.05, 0.1) is 8.67 Å². The van der Waals surface area contributed by atoms with Crippen molar-refractivity contribution in [3.05, 3.63) is 20.3 Å². The molecule has 1 aromatic heterocycles. The maximum Gasteiger partial charge on any atom is 0.0991 e. The summed E-state index contributed by atoms with van der Waals surface area (Å²) >= 11 is 13.6. The summed E-state index contributed by atoms with van der Waals surface area (Å²) in [7, 11) is 2.21. The van der Waals surface area contributed by atoms with Crippen molar-refractivity contribution in [3.63, 3.8) is 0 Å². The van der Waals surface area contributed by atoms with Crippen LogP contribution < -0.4 is 5.32 Å². The maximum absolute atomic E-state index is 6.16. The molecule has 2 unspecified atom stereocenters. The van der Waals surface area contributed by atoms with E-state index in [9.17, 15) is 0 Å². The molecule has 1 heterocycles. The van der Waals surface area contributed by atoms with Gasteiger partial charge in [-0.3, -0.25) is 4.90 Å². The maximum atomic E-state index is 6.16. The minimum atomic E-state index is 0.247. The van der Waals surface area contributed by atoms with Gasteiger partial charge in [0.25, 0.3) is 0 Å². The van der Waals surface area contributed by atoms with Crippen LogP contribution in [0.4, 0.5) is 0 Å². The first-order chi connectivity index (χ1) is 8.49. The van der Waals surface area contributed by atoms with Crippen molar-refractivity contribution in [1.82, 2.24) is 10.2 Å². The molecule has 1 fully saturated rings. The predicted octanol–water partition coefficient (Wildman–Crippen LogP) is 4.19. The number of nitrogens with one attached hydrogen (secondary N) is 1. The van der Waals surface area contributed by atoms with E-state index in [1.807, 2.05) is 6.07 Å². The number of halogens is 2. The molecule has 1 aliphatic carbocycles. The van der Waals surface area contributed by atoms with Crippen molar-refractivity contribution in [2.75, 3.05) is 13.6 Å². The van der Waals surface area contributed by atoms with Gasteiger partial charge in [-0.2, -0.15) is 0 Å². The zero-order chi connectivity index (χ0) is 13.3. The first-order valence-corrected chi connectivity index (χ1v) is 7.96. The van der Waals surface area contributed by atoms with Gasteiger partial charge in [0.1, 0.15) is 0 Å². The van der Waals surface area contributed by atoms with Crippen molar-refractivity contribution in [1.29, 1.82) is 0 Å². The van der Waals surface area contributed by atoms with Crippen molar-refractivity contribution in [3.8, 4) is 0 Å². The summed E-state index contributed by atoms with van der Waals surface area (Å²) in [4.78, 5) is 2.46. The van der Waals surface area contributed by atoms with Gasteiger partial charge in [0.15, 0.2) is 0 Å². The second kappa shape index (κ2) is 6.10. The fourth-order valence-corrected chi connectivity index (χ4v) is 3.74. The minimum Gasteiger partial charge on any atom is -0.309 e. The number of rotatable bonds is 6. The zero-order valence-corrected chi connectivity index (χ0v) is 13.4. The first-order valence-electron chi connectivity index (χ1n) is 6.39. The lowest BCUT2D eigenvalue weighted by Crippen LogP contribution is -2.39. The van der Waals surface area contributed by atoms with Gasteiger partial charge < -0.3 is 5.32 Å². The van der Waals surface area contributed by atoms with E-state index in [-0.39, 0.29) is 6.04 Å². The number of hydrogen-bond acceptors (Lipinski definition) is 3. The van der Waals surface area contributed by atoms with Crippen molar-refractivity contribution in [2.45, 2.75) is 44.8 Å². The Bertz CT molecular complexity index is 404. The summed E-state index contributed by atoms with van der Waals surface area (Å²) in [5, 5.41) is 3.54. The molecular formula is C13H20Cl2N2S. The van der Waals surface area contributed by atoms with Crippen LogP contribution in [-0.2, 0) is 0 Å². The van der Waals surface area contributed by atoms with E-state index in [2.05, 4.69) is 31.1 Å². The topological polar surface area (TPSA) is 15.3 Å². The highest BCUT2D eigenvalue weighted by Crippen LogP contribution is 2.34. The molecule has 1 saturated carbocycles. The average molecular weight is 307 g/mol. The Morgan fingerprint density at radius 1 is 1.44 bits per heavy atom. The van der Waals surface area contributed by atoms with Crippen LogP contribution >= 0.6 is 34.5 Å². The largest absolute Gasteiger partial charge is 0.309 e. The van der Waals surface area contributed by atoms with Crippen LogP contribution in [0.3, 0.4) is 0 Å². The van der Waals surface area contributed by atoms with Gasteiger partial charge >= 0.3 is 0 Å². The molecule has 0 spiro atoms. The Morgan fingerprint density at radius 2 is 2.11 bits per heavy atom. The number of thiophene rings is 1. The third-order valence-corrected chi connectivity index (χ3v) is 5.21. The van der Waals surface area contributed by atoms with E-state index in [0.29, 0.717) is 6.04 Å². The summed E-state index contributed by atoms with van der Waals surface area (Å²) in [5.74, 6) is 0. The molecule has 1 aromatic rings. The molecule has 0 aliphatic heterocycles. The summed E-state index contributed by atoms with van der Waals surface area (Å²) in [6.45, 7) is 5.37. The van der Waals surface area contributed by atoms with Crippen LogP contribution in [0.15, 0.2) is 6.07 Å². The van der Waals surface area contributed by atoms with Gasteiger partial charge in [-0.05, 0) is 45.4 Å². The van der Waals surface area contributed by atoms with Gasteiger partial charge in [-0.1, -0.05) is 23.2 Å². The van der Waals surface area contributed by atoms with E-state index in [1.165, 1.54) is 24.2 Å². The summed E-state index contributed by atoms with van der Waals surface area (Å²) in [6, 6.07) is 3.56. The average Bonchev–Trinajstić information content (AvgIpc) is 3.10. The molecule has 0 aromatic carbocycles. The van der Waals surface area contributed by atoms with Crippen LogP contribution in [0.5, 0.6) is 0 Å². The summed E-state index contributed by atoms with van der Waals surface area (Å²) < 4.78 is 1.55. The molecule has 5 heteroatoms. The molecule has 1 aliphatic rings. The van der Waals surface area contributed by atoms with Crippen molar-refractivity contribution >= 4 is 34.5 Å². The lowest BCUT2D eigenvalue weighted by atomic mass is 10.1. The van der Waals surface area contributed by atoms with Gasteiger partial charge in [0.2, 0.25) is 0 Å². The SMILES string of the molecule is CC(NCC(C)N(C)C1CC1)c1cc(Cl)sc1Cl. The van der Waals surface area contributed by atoms with Crippen molar-refractivity contribution < 1.29 is 0 Å². The Kier molecular flexibility index (Phi) is 4.95. The number of nitrogens with zero attached hydrogens (tertiary/aromatic N) is 1. The van der Waals surface area contributed by atoms with Crippen LogP contribution in [0.2, 0.25) is 8.67 Å². The smallest absolute Gasteiger partial charge is 0.0991 e. The van der Waals surface area contributed by atoms with E-state index in [4.69, 9.17) is 23.2 Å². The van der Waals surface area contributed by atoms with E-state index in [0.717, 1.165) is 26.8 Å². The Morgan fingerprint density at radius 3 is 2.61 bits per heavy atom. The molecule has 0 radical (unpaired) electrons. The Hall–Kier alpha value is 0.200. The predicted molar refractivity (Wildman–Crippen MR) is 81.0 cm³/mol. The van der Waals surface area contributed by atoms with Crippen molar-refractivity contribution in [2.24, 2.45) is 0 Å². The molecule has 0 bridgehead atoms. The van der Waals surface area contributed by atoms with E-state index in [1.54, 1.807) is 0 Å². The quantitative estimate of drug-likeness (QED) is 0.848. The van der Waals surface area contributed by atoms with Crippen LogP contribution in [0, 0.1) is 0 Å². The highest BCUT2D eigenvalue weighted by atomic mass is 35.5. The third-order valence-electron chi connectivity index (χ3n) is 3.69. The fourth-order valence-electron chi connectivity index (χ4n) is 2.09. The molecule has 2 rings (SSSR count). The summed E-state index contributed by atoms with van der Waals surface area (Å²) in [5.41, 5.74) is 1.10.